The molecule has 2 atom stereocenters. The maximum atomic E-state index is 13.0. The Kier molecular flexibility index (Phi) is 4.39. The molecule has 0 saturated carbocycles. The molecule has 1 amide bonds. The van der Waals surface area contributed by atoms with Gasteiger partial charge in [0.1, 0.15) is 17.8 Å². The molecule has 25 heavy (non-hydrogen) atoms. The van der Waals surface area contributed by atoms with Gasteiger partial charge in [0.2, 0.25) is 0 Å². The van der Waals surface area contributed by atoms with Crippen LogP contribution in [0.2, 0.25) is 0 Å². The normalized spacial score (nSPS) is 24.5. The number of aromatic nitrogens is 3. The molecule has 1 saturated heterocycles. The minimum absolute atomic E-state index is 0.0596. The number of likely N-dealkylation sites (tertiary alicyclic amines) is 1. The first kappa shape index (κ1) is 16.4. The number of aromatic amines is 1. The molecule has 0 bridgehead atoms. The van der Waals surface area contributed by atoms with Crippen molar-refractivity contribution in [3.63, 3.8) is 0 Å². The SMILES string of the molecule is C[C@H]1[C@H](N)CCCN1C(=O)C1=CN(c2ncnc3[nH]ccc23)CCS1. The lowest BCUT2D eigenvalue weighted by atomic mass is 9.98. The number of anilines is 1. The molecule has 8 heteroatoms. The van der Waals surface area contributed by atoms with Gasteiger partial charge in [0.05, 0.1) is 10.3 Å². The van der Waals surface area contributed by atoms with E-state index in [9.17, 15) is 4.79 Å². The summed E-state index contributed by atoms with van der Waals surface area (Å²) in [5.41, 5.74) is 6.96. The van der Waals surface area contributed by atoms with Gasteiger partial charge < -0.3 is 20.5 Å². The zero-order chi connectivity index (χ0) is 17.4. The largest absolute Gasteiger partial charge is 0.346 e. The highest BCUT2D eigenvalue weighted by atomic mass is 32.2. The maximum Gasteiger partial charge on any atom is 0.262 e. The summed E-state index contributed by atoms with van der Waals surface area (Å²) in [4.78, 5) is 29.5. The van der Waals surface area contributed by atoms with Crippen LogP contribution in [0, 0.1) is 0 Å². The number of amides is 1. The molecule has 2 aromatic rings. The summed E-state index contributed by atoms with van der Waals surface area (Å²) in [5, 5.41) is 0.964. The van der Waals surface area contributed by atoms with E-state index in [1.165, 1.54) is 0 Å². The molecule has 7 nitrogen and oxygen atoms in total. The summed E-state index contributed by atoms with van der Waals surface area (Å²) < 4.78 is 0. The van der Waals surface area contributed by atoms with Crippen molar-refractivity contribution in [1.29, 1.82) is 0 Å². The van der Waals surface area contributed by atoms with E-state index in [4.69, 9.17) is 5.73 Å². The van der Waals surface area contributed by atoms with Crippen molar-refractivity contribution in [2.75, 3.05) is 23.7 Å². The lowest BCUT2D eigenvalue weighted by Crippen LogP contribution is -2.53. The van der Waals surface area contributed by atoms with Gasteiger partial charge >= 0.3 is 0 Å². The number of rotatable bonds is 2. The fourth-order valence-electron chi connectivity index (χ4n) is 3.47. The lowest BCUT2D eigenvalue weighted by Gasteiger charge is -2.38. The number of carbonyl (C=O) groups excluding carboxylic acids is 1. The summed E-state index contributed by atoms with van der Waals surface area (Å²) in [7, 11) is 0. The molecule has 2 aliphatic heterocycles. The smallest absolute Gasteiger partial charge is 0.262 e. The molecule has 0 radical (unpaired) electrons. The third-order valence-electron chi connectivity index (χ3n) is 4.99. The van der Waals surface area contributed by atoms with E-state index in [0.29, 0.717) is 0 Å². The quantitative estimate of drug-likeness (QED) is 0.849. The van der Waals surface area contributed by atoms with Gasteiger partial charge in [-0.05, 0) is 25.8 Å². The Morgan fingerprint density at radius 1 is 1.40 bits per heavy atom. The van der Waals surface area contributed by atoms with E-state index in [0.717, 1.165) is 53.4 Å². The molecule has 4 rings (SSSR count). The van der Waals surface area contributed by atoms with Crippen molar-refractivity contribution in [3.05, 3.63) is 29.7 Å². The lowest BCUT2D eigenvalue weighted by molar-refractivity contribution is -0.129. The monoisotopic (exact) mass is 358 g/mol. The van der Waals surface area contributed by atoms with Gasteiger partial charge in [-0.2, -0.15) is 0 Å². The van der Waals surface area contributed by atoms with Crippen molar-refractivity contribution in [2.45, 2.75) is 31.8 Å². The average Bonchev–Trinajstić information content (AvgIpc) is 3.12. The Bertz CT molecular complexity index is 818. The number of piperidine rings is 1. The molecule has 0 aliphatic carbocycles. The number of H-pyrrole nitrogens is 1. The topological polar surface area (TPSA) is 91.1 Å². The second kappa shape index (κ2) is 6.68. The average molecular weight is 358 g/mol. The fraction of sp³-hybridized carbons (Fsp3) is 0.471. The van der Waals surface area contributed by atoms with Crippen molar-refractivity contribution < 1.29 is 4.79 Å². The molecule has 2 aliphatic rings. The number of thioether (sulfide) groups is 1. The molecule has 0 aromatic carbocycles. The third-order valence-corrected chi connectivity index (χ3v) is 5.96. The molecule has 132 valence electrons. The summed E-state index contributed by atoms with van der Waals surface area (Å²) in [5.74, 6) is 1.76. The van der Waals surface area contributed by atoms with E-state index in [-0.39, 0.29) is 18.0 Å². The standard InChI is InChI=1S/C17H22N6OS/c1-11-13(18)3-2-6-23(11)17(24)14-9-22(7-8-25-14)16-12-4-5-19-15(12)20-10-21-16/h4-5,9-11,13H,2-3,6-8,18H2,1H3,(H,19,20,21)/t11-,13+/m0/s1. The van der Waals surface area contributed by atoms with Crippen LogP contribution < -0.4 is 10.6 Å². The van der Waals surface area contributed by atoms with Gasteiger partial charge in [-0.3, -0.25) is 4.79 Å². The minimum atomic E-state index is 0.0596. The van der Waals surface area contributed by atoms with Crippen molar-refractivity contribution in [3.8, 4) is 0 Å². The van der Waals surface area contributed by atoms with Crippen LogP contribution in [0.25, 0.3) is 11.0 Å². The molecular formula is C17H22N6OS. The number of carbonyl (C=O) groups is 1. The van der Waals surface area contributed by atoms with Crippen molar-refractivity contribution in [1.82, 2.24) is 19.9 Å². The first-order valence-corrected chi connectivity index (χ1v) is 9.59. The second-order valence-corrected chi connectivity index (χ2v) is 7.65. The minimum Gasteiger partial charge on any atom is -0.346 e. The summed E-state index contributed by atoms with van der Waals surface area (Å²) in [6, 6.07) is 2.10. The van der Waals surface area contributed by atoms with Gasteiger partial charge in [0.15, 0.2) is 0 Å². The van der Waals surface area contributed by atoms with Gasteiger partial charge in [-0.25, -0.2) is 9.97 Å². The molecule has 1 fully saturated rings. The second-order valence-electron chi connectivity index (χ2n) is 6.52. The summed E-state index contributed by atoms with van der Waals surface area (Å²) in [6.07, 6.45) is 7.29. The number of hydrogen-bond acceptors (Lipinski definition) is 6. The van der Waals surface area contributed by atoms with Crippen LogP contribution in [0.15, 0.2) is 29.7 Å². The molecule has 0 unspecified atom stereocenters. The molecule has 0 spiro atoms. The van der Waals surface area contributed by atoms with E-state index in [2.05, 4.69) is 19.9 Å². The van der Waals surface area contributed by atoms with Crippen LogP contribution in [0.1, 0.15) is 19.8 Å². The Balaban J connectivity index is 1.62. The number of nitrogens with one attached hydrogen (secondary N) is 1. The predicted octanol–water partition coefficient (Wildman–Crippen LogP) is 1.69. The van der Waals surface area contributed by atoms with E-state index in [1.807, 2.05) is 30.3 Å². The van der Waals surface area contributed by atoms with Crippen LogP contribution in [0.3, 0.4) is 0 Å². The zero-order valence-corrected chi connectivity index (χ0v) is 15.0. The van der Waals surface area contributed by atoms with Crippen LogP contribution in [0.4, 0.5) is 5.82 Å². The Labute approximate surface area is 150 Å². The summed E-state index contributed by atoms with van der Waals surface area (Å²) >= 11 is 1.61. The van der Waals surface area contributed by atoms with Gasteiger partial charge in [-0.15, -0.1) is 11.8 Å². The number of fused-ring (bicyclic) bond motifs is 1. The van der Waals surface area contributed by atoms with E-state index in [1.54, 1.807) is 18.1 Å². The van der Waals surface area contributed by atoms with Crippen molar-refractivity contribution in [2.24, 2.45) is 5.73 Å². The Morgan fingerprint density at radius 2 is 2.28 bits per heavy atom. The Morgan fingerprint density at radius 3 is 3.16 bits per heavy atom. The van der Waals surface area contributed by atoms with Crippen LogP contribution in [0.5, 0.6) is 0 Å². The fourth-order valence-corrected chi connectivity index (χ4v) is 4.42. The predicted molar refractivity (Wildman–Crippen MR) is 100 cm³/mol. The number of nitrogens with zero attached hydrogens (tertiary/aromatic N) is 4. The maximum absolute atomic E-state index is 13.0. The van der Waals surface area contributed by atoms with Crippen LogP contribution >= 0.6 is 11.8 Å². The highest BCUT2D eigenvalue weighted by Gasteiger charge is 2.32. The summed E-state index contributed by atoms with van der Waals surface area (Å²) in [6.45, 7) is 3.64. The molecule has 2 aromatic heterocycles. The van der Waals surface area contributed by atoms with E-state index < -0.39 is 0 Å². The third kappa shape index (κ3) is 3.00. The first-order valence-electron chi connectivity index (χ1n) is 8.61. The molecule has 3 N–H and O–H groups in total. The number of nitrogens with two attached hydrogens (primary N) is 1. The zero-order valence-electron chi connectivity index (χ0n) is 14.2. The van der Waals surface area contributed by atoms with Gasteiger partial charge in [0, 0.05) is 43.3 Å². The van der Waals surface area contributed by atoms with Crippen LogP contribution in [-0.2, 0) is 4.79 Å². The van der Waals surface area contributed by atoms with Gasteiger partial charge in [0.25, 0.3) is 5.91 Å². The Hall–Kier alpha value is -2.06. The first-order chi connectivity index (χ1) is 12.1. The van der Waals surface area contributed by atoms with Crippen LogP contribution in [-0.4, -0.2) is 56.7 Å². The van der Waals surface area contributed by atoms with E-state index >= 15 is 0 Å². The van der Waals surface area contributed by atoms with Crippen molar-refractivity contribution >= 4 is 34.5 Å². The highest BCUT2D eigenvalue weighted by Crippen LogP contribution is 2.31. The highest BCUT2D eigenvalue weighted by molar-refractivity contribution is 8.04. The molecular weight excluding hydrogens is 336 g/mol. The number of hydrogen-bond donors (Lipinski definition) is 2. The van der Waals surface area contributed by atoms with Gasteiger partial charge in [-0.1, -0.05) is 0 Å². The molecule has 4 heterocycles.